The van der Waals surface area contributed by atoms with E-state index in [9.17, 15) is 4.79 Å². The number of pyridine rings is 1. The normalized spacial score (nSPS) is 23.6. The molecule has 86 valence electrons. The summed E-state index contributed by atoms with van der Waals surface area (Å²) in [5.41, 5.74) is 1.27. The molecule has 0 bridgehead atoms. The van der Waals surface area contributed by atoms with Crippen LogP contribution in [-0.4, -0.2) is 34.8 Å². The van der Waals surface area contributed by atoms with E-state index < -0.39 is 0 Å². The third-order valence-electron chi connectivity index (χ3n) is 3.32. The number of hydrogen-bond acceptors (Lipinski definition) is 2. The Morgan fingerprint density at radius 2 is 2.38 bits per heavy atom. The minimum atomic E-state index is 0.0105. The lowest BCUT2D eigenvalue weighted by atomic mass is 9.75. The fourth-order valence-electron chi connectivity index (χ4n) is 2.09. The maximum atomic E-state index is 11.4. The first-order valence-corrected chi connectivity index (χ1v) is 5.97. The summed E-state index contributed by atoms with van der Waals surface area (Å²) in [5.74, 6) is 0.630. The zero-order valence-corrected chi connectivity index (χ0v) is 10.0. The van der Waals surface area contributed by atoms with Crippen molar-refractivity contribution in [3.63, 3.8) is 0 Å². The highest BCUT2D eigenvalue weighted by molar-refractivity contribution is 6.27. The van der Waals surface area contributed by atoms with Gasteiger partial charge >= 0.3 is 0 Å². The molecule has 0 unspecified atom stereocenters. The van der Waals surface area contributed by atoms with Crippen molar-refractivity contribution in [1.82, 2.24) is 9.88 Å². The molecule has 1 amide bonds. The van der Waals surface area contributed by atoms with Crippen LogP contribution in [0, 0.1) is 0 Å². The SMILES string of the molecule is CN(C(=O)CCl)C1CC(c2cccnc2)C1. The highest BCUT2D eigenvalue weighted by Gasteiger charge is 2.34. The van der Waals surface area contributed by atoms with Gasteiger partial charge in [0, 0.05) is 25.5 Å². The summed E-state index contributed by atoms with van der Waals surface area (Å²) in [4.78, 5) is 17.2. The molecule has 0 saturated heterocycles. The number of nitrogens with zero attached hydrogens (tertiary/aromatic N) is 2. The molecule has 1 heterocycles. The van der Waals surface area contributed by atoms with Crippen LogP contribution in [0.4, 0.5) is 0 Å². The molecule has 0 radical (unpaired) electrons. The first-order chi connectivity index (χ1) is 7.72. The molecular weight excluding hydrogens is 224 g/mol. The van der Waals surface area contributed by atoms with Crippen LogP contribution in [0.1, 0.15) is 24.3 Å². The van der Waals surface area contributed by atoms with Crippen LogP contribution in [0.25, 0.3) is 0 Å². The van der Waals surface area contributed by atoms with Crippen molar-refractivity contribution in [2.45, 2.75) is 24.8 Å². The molecule has 1 aliphatic carbocycles. The third-order valence-corrected chi connectivity index (χ3v) is 3.55. The summed E-state index contributed by atoms with van der Waals surface area (Å²) in [7, 11) is 1.83. The van der Waals surface area contributed by atoms with Gasteiger partial charge in [-0.3, -0.25) is 9.78 Å². The molecule has 0 aromatic carbocycles. The molecule has 0 spiro atoms. The molecule has 1 aromatic heterocycles. The van der Waals surface area contributed by atoms with Gasteiger partial charge in [0.1, 0.15) is 5.88 Å². The highest BCUT2D eigenvalue weighted by Crippen LogP contribution is 2.38. The van der Waals surface area contributed by atoms with Crippen LogP contribution >= 0.6 is 11.6 Å². The van der Waals surface area contributed by atoms with E-state index in [0.29, 0.717) is 12.0 Å². The lowest BCUT2D eigenvalue weighted by molar-refractivity contribution is -0.131. The lowest BCUT2D eigenvalue weighted by Gasteiger charge is -2.41. The van der Waals surface area contributed by atoms with Crippen LogP contribution < -0.4 is 0 Å². The molecule has 1 aromatic rings. The standard InChI is InChI=1S/C12H15ClN2O/c1-15(12(16)7-13)11-5-10(6-11)9-3-2-4-14-8-9/h2-4,8,10-11H,5-7H2,1H3. The zero-order chi connectivity index (χ0) is 11.5. The number of amides is 1. The second-order valence-electron chi connectivity index (χ2n) is 4.25. The summed E-state index contributed by atoms with van der Waals surface area (Å²) in [6, 6.07) is 4.39. The number of rotatable bonds is 3. The van der Waals surface area contributed by atoms with Gasteiger partial charge in [-0.2, -0.15) is 0 Å². The maximum absolute atomic E-state index is 11.4. The minimum absolute atomic E-state index is 0.0105. The van der Waals surface area contributed by atoms with Crippen LogP contribution in [0.5, 0.6) is 0 Å². The summed E-state index contributed by atoms with van der Waals surface area (Å²) < 4.78 is 0. The van der Waals surface area contributed by atoms with Crippen molar-refractivity contribution in [2.75, 3.05) is 12.9 Å². The zero-order valence-electron chi connectivity index (χ0n) is 9.27. The molecule has 1 fully saturated rings. The lowest BCUT2D eigenvalue weighted by Crippen LogP contribution is -2.45. The van der Waals surface area contributed by atoms with Crippen LogP contribution in [-0.2, 0) is 4.79 Å². The fourth-order valence-corrected chi connectivity index (χ4v) is 2.28. The van der Waals surface area contributed by atoms with Crippen molar-refractivity contribution >= 4 is 17.5 Å². The smallest absolute Gasteiger partial charge is 0.237 e. The first-order valence-electron chi connectivity index (χ1n) is 5.44. The Labute approximate surface area is 100 Å². The molecular formula is C12H15ClN2O. The number of hydrogen-bond donors (Lipinski definition) is 0. The number of halogens is 1. The van der Waals surface area contributed by atoms with Crippen molar-refractivity contribution in [3.8, 4) is 0 Å². The topological polar surface area (TPSA) is 33.2 Å². The van der Waals surface area contributed by atoms with Gasteiger partial charge in [-0.15, -0.1) is 11.6 Å². The Balaban J connectivity index is 1.89. The van der Waals surface area contributed by atoms with E-state index in [2.05, 4.69) is 11.1 Å². The summed E-state index contributed by atoms with van der Waals surface area (Å²) in [5, 5.41) is 0. The highest BCUT2D eigenvalue weighted by atomic mass is 35.5. The molecule has 0 atom stereocenters. The molecule has 3 nitrogen and oxygen atoms in total. The van der Waals surface area contributed by atoms with E-state index in [1.807, 2.05) is 19.3 Å². The molecule has 0 aliphatic heterocycles. The molecule has 1 saturated carbocycles. The Kier molecular flexibility index (Phi) is 3.44. The Hall–Kier alpha value is -1.09. The summed E-state index contributed by atoms with van der Waals surface area (Å²) in [6.07, 6.45) is 5.72. The molecule has 1 aliphatic rings. The number of carbonyl (C=O) groups excluding carboxylic acids is 1. The largest absolute Gasteiger partial charge is 0.342 e. The van der Waals surface area contributed by atoms with Gasteiger partial charge in [0.2, 0.25) is 5.91 Å². The van der Waals surface area contributed by atoms with E-state index >= 15 is 0 Å². The Bertz CT molecular complexity index is 363. The maximum Gasteiger partial charge on any atom is 0.237 e. The Morgan fingerprint density at radius 3 is 2.94 bits per heavy atom. The fraction of sp³-hybridized carbons (Fsp3) is 0.500. The van der Waals surface area contributed by atoms with Gasteiger partial charge in [0.05, 0.1) is 0 Å². The van der Waals surface area contributed by atoms with Crippen LogP contribution in [0.3, 0.4) is 0 Å². The first kappa shape index (κ1) is 11.4. The third kappa shape index (κ3) is 2.19. The molecule has 2 rings (SSSR count). The average Bonchev–Trinajstić information content (AvgIpc) is 2.27. The van der Waals surface area contributed by atoms with Crippen molar-refractivity contribution < 1.29 is 4.79 Å². The predicted octanol–water partition coefficient (Wildman–Crippen LogP) is 2.02. The second-order valence-corrected chi connectivity index (χ2v) is 4.51. The quantitative estimate of drug-likeness (QED) is 0.755. The number of alkyl halides is 1. The van der Waals surface area contributed by atoms with E-state index in [1.54, 1.807) is 11.1 Å². The van der Waals surface area contributed by atoms with Gasteiger partial charge in [-0.25, -0.2) is 0 Å². The van der Waals surface area contributed by atoms with Gasteiger partial charge in [-0.05, 0) is 30.4 Å². The van der Waals surface area contributed by atoms with Crippen molar-refractivity contribution in [2.24, 2.45) is 0 Å². The molecule has 4 heteroatoms. The second kappa shape index (κ2) is 4.83. The van der Waals surface area contributed by atoms with Gasteiger partial charge in [0.25, 0.3) is 0 Å². The van der Waals surface area contributed by atoms with Crippen molar-refractivity contribution in [1.29, 1.82) is 0 Å². The van der Waals surface area contributed by atoms with Crippen molar-refractivity contribution in [3.05, 3.63) is 30.1 Å². The molecule has 0 N–H and O–H groups in total. The van der Waals surface area contributed by atoms with E-state index in [1.165, 1.54) is 5.56 Å². The summed E-state index contributed by atoms with van der Waals surface area (Å²) in [6.45, 7) is 0. The Morgan fingerprint density at radius 1 is 1.62 bits per heavy atom. The minimum Gasteiger partial charge on any atom is -0.342 e. The van der Waals surface area contributed by atoms with E-state index in [4.69, 9.17) is 11.6 Å². The van der Waals surface area contributed by atoms with Crippen LogP contribution in [0.2, 0.25) is 0 Å². The number of aromatic nitrogens is 1. The van der Waals surface area contributed by atoms with Gasteiger partial charge in [-0.1, -0.05) is 6.07 Å². The van der Waals surface area contributed by atoms with Gasteiger partial charge in [0.15, 0.2) is 0 Å². The van der Waals surface area contributed by atoms with E-state index in [0.717, 1.165) is 12.8 Å². The van der Waals surface area contributed by atoms with E-state index in [-0.39, 0.29) is 11.8 Å². The monoisotopic (exact) mass is 238 g/mol. The summed E-state index contributed by atoms with van der Waals surface area (Å²) >= 11 is 5.52. The average molecular weight is 239 g/mol. The van der Waals surface area contributed by atoms with Gasteiger partial charge < -0.3 is 4.90 Å². The molecule has 16 heavy (non-hydrogen) atoms. The van der Waals surface area contributed by atoms with Crippen LogP contribution in [0.15, 0.2) is 24.5 Å². The number of carbonyl (C=O) groups is 1. The predicted molar refractivity (Wildman–Crippen MR) is 63.5 cm³/mol.